The molecule has 140 valence electrons. The van der Waals surface area contributed by atoms with Crippen molar-refractivity contribution in [3.8, 4) is 11.3 Å². The van der Waals surface area contributed by atoms with Crippen LogP contribution in [-0.4, -0.2) is 25.5 Å². The lowest BCUT2D eigenvalue weighted by Crippen LogP contribution is -2.23. The Morgan fingerprint density at radius 3 is 2.78 bits per heavy atom. The van der Waals surface area contributed by atoms with Crippen molar-refractivity contribution < 1.29 is 4.79 Å². The summed E-state index contributed by atoms with van der Waals surface area (Å²) in [4.78, 5) is 12.5. The van der Waals surface area contributed by atoms with E-state index in [0.717, 1.165) is 29.9 Å². The third-order valence-electron chi connectivity index (χ3n) is 5.23. The van der Waals surface area contributed by atoms with Crippen LogP contribution in [0.15, 0.2) is 48.8 Å². The molecule has 1 amide bonds. The number of rotatable bonds is 5. The highest BCUT2D eigenvalue weighted by atomic mass is 16.2. The van der Waals surface area contributed by atoms with Crippen LogP contribution in [0.3, 0.4) is 0 Å². The minimum Gasteiger partial charge on any atom is -0.309 e. The number of nitrogens with one attached hydrogen (secondary N) is 1. The molecule has 0 unspecified atom stereocenters. The van der Waals surface area contributed by atoms with Crippen molar-refractivity contribution >= 4 is 11.7 Å². The van der Waals surface area contributed by atoms with Gasteiger partial charge in [-0.3, -0.25) is 9.48 Å². The van der Waals surface area contributed by atoms with Crippen molar-refractivity contribution in [2.45, 2.75) is 51.6 Å². The summed E-state index contributed by atoms with van der Waals surface area (Å²) in [6.45, 7) is 2.25. The molecule has 0 aliphatic heterocycles. The van der Waals surface area contributed by atoms with Gasteiger partial charge in [0.2, 0.25) is 5.91 Å². The maximum Gasteiger partial charge on any atom is 0.247 e. The van der Waals surface area contributed by atoms with Gasteiger partial charge in [0, 0.05) is 17.8 Å². The zero-order valence-corrected chi connectivity index (χ0v) is 15.6. The number of hydrogen-bond donors (Lipinski definition) is 1. The van der Waals surface area contributed by atoms with Crippen LogP contribution in [0.1, 0.15) is 43.7 Å². The molecule has 3 aromatic rings. The maximum atomic E-state index is 12.5. The third kappa shape index (κ3) is 3.94. The number of aromatic nitrogens is 4. The molecule has 2 aromatic heterocycles. The van der Waals surface area contributed by atoms with Gasteiger partial charge in [-0.1, -0.05) is 43.5 Å². The summed E-state index contributed by atoms with van der Waals surface area (Å²) in [5, 5.41) is 12.0. The molecule has 1 aliphatic rings. The largest absolute Gasteiger partial charge is 0.309 e. The van der Waals surface area contributed by atoms with Crippen molar-refractivity contribution in [3.63, 3.8) is 0 Å². The molecule has 2 heterocycles. The lowest BCUT2D eigenvalue weighted by Gasteiger charge is -2.23. The monoisotopic (exact) mass is 363 g/mol. The van der Waals surface area contributed by atoms with Gasteiger partial charge in [-0.05, 0) is 31.4 Å². The predicted octanol–water partition coefficient (Wildman–Crippen LogP) is 4.20. The van der Waals surface area contributed by atoms with Gasteiger partial charge in [0.15, 0.2) is 0 Å². The van der Waals surface area contributed by atoms with Crippen LogP contribution in [0.4, 0.5) is 5.82 Å². The summed E-state index contributed by atoms with van der Waals surface area (Å²) < 4.78 is 3.65. The van der Waals surface area contributed by atoms with Crippen LogP contribution < -0.4 is 5.32 Å². The molecule has 1 aliphatic carbocycles. The first-order valence-corrected chi connectivity index (χ1v) is 9.63. The molecule has 27 heavy (non-hydrogen) atoms. The first-order chi connectivity index (χ1) is 13.2. The molecule has 1 fully saturated rings. The smallest absolute Gasteiger partial charge is 0.247 e. The normalized spacial score (nSPS) is 15.0. The summed E-state index contributed by atoms with van der Waals surface area (Å²) >= 11 is 0. The highest BCUT2D eigenvalue weighted by Gasteiger charge is 2.19. The number of nitrogens with zero attached hydrogens (tertiary/aromatic N) is 4. The number of amides is 1. The first kappa shape index (κ1) is 17.5. The fraction of sp³-hybridized carbons (Fsp3) is 0.381. The fourth-order valence-electron chi connectivity index (χ4n) is 3.81. The van der Waals surface area contributed by atoms with E-state index in [1.807, 2.05) is 41.2 Å². The summed E-state index contributed by atoms with van der Waals surface area (Å²) in [5.74, 6) is 0.685. The van der Waals surface area contributed by atoms with Crippen LogP contribution in [-0.2, 0) is 11.3 Å². The Kier molecular flexibility index (Phi) is 5.05. The van der Waals surface area contributed by atoms with Gasteiger partial charge < -0.3 is 5.32 Å². The molecule has 1 aromatic carbocycles. The number of anilines is 1. The van der Waals surface area contributed by atoms with Crippen molar-refractivity contribution in [1.29, 1.82) is 0 Å². The number of hydrogen-bond acceptors (Lipinski definition) is 3. The second-order valence-corrected chi connectivity index (χ2v) is 7.21. The van der Waals surface area contributed by atoms with Crippen molar-refractivity contribution in [3.05, 3.63) is 54.4 Å². The van der Waals surface area contributed by atoms with Gasteiger partial charge in [-0.2, -0.15) is 10.2 Å². The Bertz CT molecular complexity index is 920. The van der Waals surface area contributed by atoms with Crippen molar-refractivity contribution in [2.75, 3.05) is 5.32 Å². The minimum absolute atomic E-state index is 0.0907. The molecule has 6 nitrogen and oxygen atoms in total. The van der Waals surface area contributed by atoms with E-state index < -0.39 is 0 Å². The summed E-state index contributed by atoms with van der Waals surface area (Å²) in [6, 6.07) is 12.3. The zero-order chi connectivity index (χ0) is 18.6. The molecule has 4 rings (SSSR count). The molecule has 0 atom stereocenters. The van der Waals surface area contributed by atoms with Crippen LogP contribution in [0, 0.1) is 6.92 Å². The fourth-order valence-corrected chi connectivity index (χ4v) is 3.81. The van der Waals surface area contributed by atoms with E-state index in [1.165, 1.54) is 24.8 Å². The van der Waals surface area contributed by atoms with E-state index in [4.69, 9.17) is 0 Å². The van der Waals surface area contributed by atoms with Crippen molar-refractivity contribution in [1.82, 2.24) is 19.6 Å². The Balaban J connectivity index is 1.42. The van der Waals surface area contributed by atoms with Crippen LogP contribution in [0.5, 0.6) is 0 Å². The highest BCUT2D eigenvalue weighted by Crippen LogP contribution is 2.29. The second kappa shape index (κ2) is 7.78. The number of carbonyl (C=O) groups is 1. The lowest BCUT2D eigenvalue weighted by molar-refractivity contribution is -0.117. The zero-order valence-electron chi connectivity index (χ0n) is 15.6. The molecule has 0 spiro atoms. The summed E-state index contributed by atoms with van der Waals surface area (Å²) in [6.07, 6.45) is 9.61. The van der Waals surface area contributed by atoms with Crippen molar-refractivity contribution in [2.24, 2.45) is 0 Å². The molecule has 0 bridgehead atoms. The highest BCUT2D eigenvalue weighted by molar-refractivity contribution is 5.89. The van der Waals surface area contributed by atoms with Gasteiger partial charge >= 0.3 is 0 Å². The Morgan fingerprint density at radius 2 is 1.96 bits per heavy atom. The Labute approximate surface area is 159 Å². The van der Waals surface area contributed by atoms with Gasteiger partial charge in [-0.15, -0.1) is 0 Å². The number of carbonyl (C=O) groups excluding carboxylic acids is 1. The van der Waals surface area contributed by atoms with Crippen LogP contribution in [0.2, 0.25) is 0 Å². The summed E-state index contributed by atoms with van der Waals surface area (Å²) in [7, 11) is 0. The quantitative estimate of drug-likeness (QED) is 0.739. The first-order valence-electron chi connectivity index (χ1n) is 9.63. The molecule has 1 N–H and O–H groups in total. The SMILES string of the molecule is Cc1ccccc1-c1ccn(CC(=O)Nc2ccnn2C2CCCCC2)n1. The maximum absolute atomic E-state index is 12.5. The number of aryl methyl sites for hydroxylation is 1. The summed E-state index contributed by atoms with van der Waals surface area (Å²) in [5.41, 5.74) is 3.14. The van der Waals surface area contributed by atoms with E-state index in [0.29, 0.717) is 6.04 Å². The molecular formula is C21H25N5O. The average Bonchev–Trinajstić information content (AvgIpc) is 3.32. The second-order valence-electron chi connectivity index (χ2n) is 7.21. The molecule has 0 radical (unpaired) electrons. The molecular weight excluding hydrogens is 338 g/mol. The predicted molar refractivity (Wildman–Crippen MR) is 105 cm³/mol. The topological polar surface area (TPSA) is 64.7 Å². The van der Waals surface area contributed by atoms with Gasteiger partial charge in [0.1, 0.15) is 12.4 Å². The molecule has 0 saturated heterocycles. The third-order valence-corrected chi connectivity index (χ3v) is 5.23. The molecule has 6 heteroatoms. The number of benzene rings is 1. The van der Waals surface area contributed by atoms with Gasteiger partial charge in [-0.25, -0.2) is 4.68 Å². The standard InChI is InChI=1S/C21H25N5O/c1-16-7-5-6-10-18(16)19-12-14-25(24-19)15-21(27)23-20-11-13-22-26(20)17-8-3-2-4-9-17/h5-7,10-14,17H,2-4,8-9,15H2,1H3,(H,23,27). The van der Waals surface area contributed by atoms with Crippen LogP contribution >= 0.6 is 0 Å². The Hall–Kier alpha value is -2.89. The minimum atomic E-state index is -0.0907. The van der Waals surface area contributed by atoms with E-state index >= 15 is 0 Å². The Morgan fingerprint density at radius 1 is 1.15 bits per heavy atom. The van der Waals surface area contributed by atoms with E-state index in [9.17, 15) is 4.79 Å². The average molecular weight is 363 g/mol. The van der Waals surface area contributed by atoms with E-state index in [2.05, 4.69) is 28.5 Å². The van der Waals surface area contributed by atoms with E-state index in [-0.39, 0.29) is 12.5 Å². The van der Waals surface area contributed by atoms with Gasteiger partial charge in [0.05, 0.1) is 17.9 Å². The van der Waals surface area contributed by atoms with E-state index in [1.54, 1.807) is 10.9 Å². The van der Waals surface area contributed by atoms with Crippen LogP contribution in [0.25, 0.3) is 11.3 Å². The molecule has 1 saturated carbocycles. The lowest BCUT2D eigenvalue weighted by atomic mass is 9.96. The van der Waals surface area contributed by atoms with Gasteiger partial charge in [0.25, 0.3) is 0 Å².